The largest absolute Gasteiger partial charge is 0.497 e. The zero-order valence-corrected chi connectivity index (χ0v) is 16.5. The van der Waals surface area contributed by atoms with Crippen LogP contribution in [-0.2, 0) is 6.42 Å². The first-order chi connectivity index (χ1) is 14.3. The maximum atomic E-state index is 5.27. The standard InChI is InChI=1S/C21H25N7O/c1-29-18-6-4-5-17(15-18)8-10-22-19-16-24-26-21(25-19)28-13-11-27(12-14-28)20-7-2-3-9-23-20/h2-7,9,15-16H,8,10-14H2,1H3,(H,22,25,26). The van der Waals surface area contributed by atoms with Crippen LogP contribution in [0.15, 0.2) is 54.9 Å². The molecular weight excluding hydrogens is 366 g/mol. The van der Waals surface area contributed by atoms with Crippen LogP contribution in [0.3, 0.4) is 0 Å². The minimum atomic E-state index is 0.664. The molecule has 1 saturated heterocycles. The van der Waals surface area contributed by atoms with E-state index in [0.717, 1.165) is 56.5 Å². The molecular formula is C21H25N7O. The van der Waals surface area contributed by atoms with E-state index in [0.29, 0.717) is 5.95 Å². The number of ether oxygens (including phenoxy) is 1. The summed E-state index contributed by atoms with van der Waals surface area (Å²) in [6.07, 6.45) is 4.37. The molecule has 0 spiro atoms. The lowest BCUT2D eigenvalue weighted by Gasteiger charge is -2.35. The Bertz CT molecular complexity index is 914. The van der Waals surface area contributed by atoms with Crippen molar-refractivity contribution >= 4 is 17.6 Å². The van der Waals surface area contributed by atoms with Crippen molar-refractivity contribution in [2.75, 3.05) is 55.0 Å². The number of piperazine rings is 1. The Morgan fingerprint density at radius 1 is 1.03 bits per heavy atom. The molecule has 1 fully saturated rings. The van der Waals surface area contributed by atoms with Crippen LogP contribution in [0, 0.1) is 0 Å². The van der Waals surface area contributed by atoms with E-state index in [1.54, 1.807) is 13.3 Å². The van der Waals surface area contributed by atoms with Gasteiger partial charge in [0.2, 0.25) is 5.95 Å². The van der Waals surface area contributed by atoms with Gasteiger partial charge in [-0.1, -0.05) is 18.2 Å². The number of pyridine rings is 1. The lowest BCUT2D eigenvalue weighted by molar-refractivity contribution is 0.414. The molecule has 3 aromatic rings. The SMILES string of the molecule is COc1cccc(CCNc2cnnc(N3CCN(c4ccccn4)CC3)n2)c1. The predicted octanol–water partition coefficient (Wildman–Crippen LogP) is 2.26. The predicted molar refractivity (Wildman–Crippen MR) is 114 cm³/mol. The van der Waals surface area contributed by atoms with Gasteiger partial charge in [-0.3, -0.25) is 0 Å². The number of hydrogen-bond donors (Lipinski definition) is 1. The quantitative estimate of drug-likeness (QED) is 0.657. The van der Waals surface area contributed by atoms with Gasteiger partial charge in [0.15, 0.2) is 5.82 Å². The van der Waals surface area contributed by atoms with E-state index in [9.17, 15) is 0 Å². The van der Waals surface area contributed by atoms with Gasteiger partial charge in [0.05, 0.1) is 13.3 Å². The molecule has 1 N–H and O–H groups in total. The molecule has 8 nitrogen and oxygen atoms in total. The summed E-state index contributed by atoms with van der Waals surface area (Å²) in [6, 6.07) is 14.1. The lowest BCUT2D eigenvalue weighted by atomic mass is 10.1. The molecule has 0 bridgehead atoms. The highest BCUT2D eigenvalue weighted by Crippen LogP contribution is 2.17. The molecule has 0 unspecified atom stereocenters. The number of aromatic nitrogens is 4. The third kappa shape index (κ3) is 4.90. The summed E-state index contributed by atoms with van der Waals surface area (Å²) < 4.78 is 5.27. The van der Waals surface area contributed by atoms with E-state index in [1.807, 2.05) is 42.6 Å². The monoisotopic (exact) mass is 391 g/mol. The zero-order chi connectivity index (χ0) is 19.9. The molecule has 29 heavy (non-hydrogen) atoms. The molecule has 8 heteroatoms. The van der Waals surface area contributed by atoms with Gasteiger partial charge in [-0.05, 0) is 36.2 Å². The summed E-state index contributed by atoms with van der Waals surface area (Å²) in [6.45, 7) is 4.21. The minimum Gasteiger partial charge on any atom is -0.497 e. The van der Waals surface area contributed by atoms with Gasteiger partial charge < -0.3 is 19.9 Å². The third-order valence-electron chi connectivity index (χ3n) is 4.94. The molecule has 1 aromatic carbocycles. The Morgan fingerprint density at radius 2 is 1.90 bits per heavy atom. The molecule has 150 valence electrons. The fourth-order valence-electron chi connectivity index (χ4n) is 3.35. The second-order valence-electron chi connectivity index (χ2n) is 6.83. The molecule has 3 heterocycles. The fraction of sp³-hybridized carbons (Fsp3) is 0.333. The summed E-state index contributed by atoms with van der Waals surface area (Å²) >= 11 is 0. The van der Waals surface area contributed by atoms with E-state index in [2.05, 4.69) is 41.3 Å². The van der Waals surface area contributed by atoms with E-state index in [1.165, 1.54) is 5.56 Å². The number of nitrogens with one attached hydrogen (secondary N) is 1. The second-order valence-corrected chi connectivity index (χ2v) is 6.83. The minimum absolute atomic E-state index is 0.664. The molecule has 0 saturated carbocycles. The Labute approximate surface area is 170 Å². The number of rotatable bonds is 7. The van der Waals surface area contributed by atoms with Crippen molar-refractivity contribution in [3.8, 4) is 5.75 Å². The number of methoxy groups -OCH3 is 1. The summed E-state index contributed by atoms with van der Waals surface area (Å²) in [5.41, 5.74) is 1.21. The van der Waals surface area contributed by atoms with Gasteiger partial charge in [-0.25, -0.2) is 4.98 Å². The van der Waals surface area contributed by atoms with Crippen LogP contribution in [0.1, 0.15) is 5.56 Å². The highest BCUT2D eigenvalue weighted by atomic mass is 16.5. The average molecular weight is 391 g/mol. The van der Waals surface area contributed by atoms with Crippen LogP contribution in [0.25, 0.3) is 0 Å². The van der Waals surface area contributed by atoms with E-state index in [4.69, 9.17) is 4.74 Å². The topological polar surface area (TPSA) is 79.3 Å². The third-order valence-corrected chi connectivity index (χ3v) is 4.94. The van der Waals surface area contributed by atoms with Crippen molar-refractivity contribution in [1.29, 1.82) is 0 Å². The van der Waals surface area contributed by atoms with Gasteiger partial charge in [-0.2, -0.15) is 10.1 Å². The number of hydrogen-bond acceptors (Lipinski definition) is 8. The van der Waals surface area contributed by atoms with Crippen LogP contribution < -0.4 is 19.9 Å². The number of anilines is 3. The summed E-state index contributed by atoms with van der Waals surface area (Å²) in [5.74, 6) is 3.29. The summed E-state index contributed by atoms with van der Waals surface area (Å²) in [4.78, 5) is 13.5. The van der Waals surface area contributed by atoms with E-state index in [-0.39, 0.29) is 0 Å². The Hall–Kier alpha value is -3.42. The maximum Gasteiger partial charge on any atom is 0.247 e. The molecule has 1 aliphatic rings. The maximum absolute atomic E-state index is 5.27. The smallest absolute Gasteiger partial charge is 0.247 e. The summed E-state index contributed by atoms with van der Waals surface area (Å²) in [7, 11) is 1.68. The molecule has 0 atom stereocenters. The lowest BCUT2D eigenvalue weighted by Crippen LogP contribution is -2.47. The molecule has 2 aromatic heterocycles. The van der Waals surface area contributed by atoms with Crippen LogP contribution in [0.2, 0.25) is 0 Å². The Balaban J connectivity index is 1.31. The molecule has 4 rings (SSSR count). The van der Waals surface area contributed by atoms with Gasteiger partial charge >= 0.3 is 0 Å². The average Bonchev–Trinajstić information content (AvgIpc) is 2.80. The van der Waals surface area contributed by atoms with E-state index >= 15 is 0 Å². The zero-order valence-electron chi connectivity index (χ0n) is 16.5. The van der Waals surface area contributed by atoms with Crippen molar-refractivity contribution in [2.45, 2.75) is 6.42 Å². The Morgan fingerprint density at radius 3 is 2.69 bits per heavy atom. The highest BCUT2D eigenvalue weighted by Gasteiger charge is 2.20. The van der Waals surface area contributed by atoms with Crippen molar-refractivity contribution in [3.05, 3.63) is 60.4 Å². The Kier molecular flexibility index (Phi) is 5.99. The first kappa shape index (κ1) is 18.9. The fourth-order valence-corrected chi connectivity index (χ4v) is 3.35. The van der Waals surface area contributed by atoms with Crippen molar-refractivity contribution in [1.82, 2.24) is 20.2 Å². The molecule has 0 amide bonds. The van der Waals surface area contributed by atoms with Crippen LogP contribution in [0.5, 0.6) is 5.75 Å². The molecule has 0 aliphatic carbocycles. The van der Waals surface area contributed by atoms with Crippen LogP contribution in [0.4, 0.5) is 17.6 Å². The van der Waals surface area contributed by atoms with Gasteiger partial charge in [0.1, 0.15) is 11.6 Å². The van der Waals surface area contributed by atoms with Crippen LogP contribution >= 0.6 is 0 Å². The summed E-state index contributed by atoms with van der Waals surface area (Å²) in [5, 5.41) is 11.7. The van der Waals surface area contributed by atoms with Crippen molar-refractivity contribution in [3.63, 3.8) is 0 Å². The second kappa shape index (κ2) is 9.18. The normalized spacial score (nSPS) is 14.0. The van der Waals surface area contributed by atoms with Gasteiger partial charge in [-0.15, -0.1) is 5.10 Å². The number of nitrogens with zero attached hydrogens (tertiary/aromatic N) is 6. The molecule has 0 radical (unpaired) electrons. The molecule has 1 aliphatic heterocycles. The first-order valence-corrected chi connectivity index (χ1v) is 9.79. The van der Waals surface area contributed by atoms with Crippen molar-refractivity contribution < 1.29 is 4.74 Å². The number of benzene rings is 1. The first-order valence-electron chi connectivity index (χ1n) is 9.79. The van der Waals surface area contributed by atoms with E-state index < -0.39 is 0 Å². The van der Waals surface area contributed by atoms with Gasteiger partial charge in [0, 0.05) is 38.9 Å². The van der Waals surface area contributed by atoms with Gasteiger partial charge in [0.25, 0.3) is 0 Å². The van der Waals surface area contributed by atoms with Crippen LogP contribution in [-0.4, -0.2) is 60.0 Å². The van der Waals surface area contributed by atoms with Crippen molar-refractivity contribution in [2.24, 2.45) is 0 Å². The highest BCUT2D eigenvalue weighted by molar-refractivity contribution is 5.44.